The molecule has 0 bridgehead atoms. The number of carboxylic acid groups (broad SMARTS) is 1. The molecule has 0 unspecified atom stereocenters. The standard InChI is InChI=1S/C27H31ClN4O5S2/c1-3-5-19-6-8-20(9-7-19)16-29-25(33)22-17-31(27-30-24(28)23(38-27)26(34)35)14-15-32(22)39(36,37)21-12-10-18(4-2)11-13-21/h6-13,22H,3-5,14-17H2,1-2H3,(H,29,33)(H,34,35)/t22-/m1/s1. The van der Waals surface area contributed by atoms with Crippen LogP contribution in [0.15, 0.2) is 53.4 Å². The third-order valence-corrected chi connectivity index (χ3v) is 10.1. The number of carbonyl (C=O) groups excluding carboxylic acids is 1. The lowest BCUT2D eigenvalue weighted by Crippen LogP contribution is -2.60. The lowest BCUT2D eigenvalue weighted by molar-refractivity contribution is -0.125. The van der Waals surface area contributed by atoms with Crippen molar-refractivity contribution in [1.82, 2.24) is 14.6 Å². The number of carboxylic acids is 1. The van der Waals surface area contributed by atoms with Crippen molar-refractivity contribution in [2.75, 3.05) is 24.5 Å². The zero-order chi connectivity index (χ0) is 28.2. The Morgan fingerprint density at radius 1 is 1.05 bits per heavy atom. The topological polar surface area (TPSA) is 120 Å². The van der Waals surface area contributed by atoms with Gasteiger partial charge >= 0.3 is 5.97 Å². The number of sulfonamides is 1. The Morgan fingerprint density at radius 2 is 1.69 bits per heavy atom. The molecule has 9 nitrogen and oxygen atoms in total. The van der Waals surface area contributed by atoms with E-state index in [4.69, 9.17) is 11.6 Å². The largest absolute Gasteiger partial charge is 0.477 e. The maximum Gasteiger partial charge on any atom is 0.349 e. The highest BCUT2D eigenvalue weighted by Gasteiger charge is 2.41. The Labute approximate surface area is 237 Å². The number of amides is 1. The number of thiazole rings is 1. The van der Waals surface area contributed by atoms with Crippen LogP contribution in [0.2, 0.25) is 5.15 Å². The minimum Gasteiger partial charge on any atom is -0.477 e. The number of nitrogens with one attached hydrogen (secondary N) is 1. The normalized spacial score (nSPS) is 16.3. The number of rotatable bonds is 10. The maximum atomic E-state index is 13.7. The van der Waals surface area contributed by atoms with Crippen molar-refractivity contribution in [2.24, 2.45) is 0 Å². The maximum absolute atomic E-state index is 13.7. The summed E-state index contributed by atoms with van der Waals surface area (Å²) in [6.07, 6.45) is 2.79. The predicted molar refractivity (Wildman–Crippen MR) is 152 cm³/mol. The summed E-state index contributed by atoms with van der Waals surface area (Å²) in [5.74, 6) is -1.65. The Morgan fingerprint density at radius 3 is 2.28 bits per heavy atom. The highest BCUT2D eigenvalue weighted by Crippen LogP contribution is 2.32. The van der Waals surface area contributed by atoms with Crippen molar-refractivity contribution in [3.05, 3.63) is 75.3 Å². The van der Waals surface area contributed by atoms with Gasteiger partial charge in [0.25, 0.3) is 0 Å². The molecular weight excluding hydrogens is 560 g/mol. The number of piperazine rings is 1. The number of nitrogens with zero attached hydrogens (tertiary/aromatic N) is 3. The van der Waals surface area contributed by atoms with Crippen LogP contribution in [0, 0.1) is 0 Å². The van der Waals surface area contributed by atoms with E-state index in [1.807, 2.05) is 31.2 Å². The van der Waals surface area contributed by atoms with Gasteiger partial charge in [0.15, 0.2) is 15.2 Å². The summed E-state index contributed by atoms with van der Waals surface area (Å²) in [5.41, 5.74) is 3.12. The van der Waals surface area contributed by atoms with E-state index in [0.29, 0.717) is 5.13 Å². The molecule has 1 saturated heterocycles. The van der Waals surface area contributed by atoms with Gasteiger partial charge in [-0.15, -0.1) is 0 Å². The molecule has 4 rings (SSSR count). The molecule has 0 spiro atoms. The SMILES string of the molecule is CCCc1ccc(CNC(=O)[C@H]2CN(c3nc(Cl)c(C(=O)O)s3)CCN2S(=O)(=O)c2ccc(CC)cc2)cc1. The summed E-state index contributed by atoms with van der Waals surface area (Å²) >= 11 is 6.91. The summed E-state index contributed by atoms with van der Waals surface area (Å²) in [6, 6.07) is 13.6. The van der Waals surface area contributed by atoms with E-state index in [-0.39, 0.29) is 41.1 Å². The molecule has 2 heterocycles. The number of carbonyl (C=O) groups is 2. The molecule has 39 heavy (non-hydrogen) atoms. The predicted octanol–water partition coefficient (Wildman–Crippen LogP) is 4.21. The second-order valence-corrected chi connectivity index (χ2v) is 12.5. The van der Waals surface area contributed by atoms with Gasteiger partial charge in [-0.3, -0.25) is 4.79 Å². The van der Waals surface area contributed by atoms with Gasteiger partial charge in [0.05, 0.1) is 4.90 Å². The van der Waals surface area contributed by atoms with E-state index >= 15 is 0 Å². The molecule has 0 saturated carbocycles. The van der Waals surface area contributed by atoms with Crippen LogP contribution in [0.3, 0.4) is 0 Å². The Balaban J connectivity index is 1.59. The average Bonchev–Trinajstić information content (AvgIpc) is 3.34. The van der Waals surface area contributed by atoms with Crippen LogP contribution >= 0.6 is 22.9 Å². The first-order chi connectivity index (χ1) is 18.6. The molecule has 1 atom stereocenters. The second kappa shape index (κ2) is 12.5. The number of halogens is 1. The van der Waals surface area contributed by atoms with E-state index in [9.17, 15) is 23.1 Å². The summed E-state index contributed by atoms with van der Waals surface area (Å²) < 4.78 is 28.6. The first-order valence-electron chi connectivity index (χ1n) is 12.7. The number of anilines is 1. The number of aromatic carboxylic acids is 1. The second-order valence-electron chi connectivity index (χ2n) is 9.28. The molecule has 0 radical (unpaired) electrons. The molecule has 2 aromatic carbocycles. The Kier molecular flexibility index (Phi) is 9.27. The van der Waals surface area contributed by atoms with Crippen LogP contribution < -0.4 is 10.2 Å². The van der Waals surface area contributed by atoms with Crippen LogP contribution in [0.4, 0.5) is 5.13 Å². The van der Waals surface area contributed by atoms with Gasteiger partial charge in [0, 0.05) is 26.2 Å². The van der Waals surface area contributed by atoms with Crippen LogP contribution in [0.5, 0.6) is 0 Å². The van der Waals surface area contributed by atoms with Gasteiger partial charge in [0.1, 0.15) is 6.04 Å². The fourth-order valence-corrected chi connectivity index (χ4v) is 7.18. The van der Waals surface area contributed by atoms with Crippen molar-refractivity contribution in [1.29, 1.82) is 0 Å². The van der Waals surface area contributed by atoms with Gasteiger partial charge in [-0.2, -0.15) is 4.31 Å². The monoisotopic (exact) mass is 590 g/mol. The van der Waals surface area contributed by atoms with Crippen molar-refractivity contribution in [3.8, 4) is 0 Å². The third-order valence-electron chi connectivity index (χ3n) is 6.64. The van der Waals surface area contributed by atoms with Gasteiger partial charge in [0.2, 0.25) is 15.9 Å². The third kappa shape index (κ3) is 6.60. The van der Waals surface area contributed by atoms with Crippen molar-refractivity contribution >= 4 is 50.0 Å². The van der Waals surface area contributed by atoms with Crippen LogP contribution in [0.25, 0.3) is 0 Å². The Bertz CT molecular complexity index is 1430. The lowest BCUT2D eigenvalue weighted by Gasteiger charge is -2.39. The first-order valence-corrected chi connectivity index (χ1v) is 15.4. The fraction of sp³-hybridized carbons (Fsp3) is 0.370. The molecule has 1 fully saturated rings. The number of hydrogen-bond acceptors (Lipinski definition) is 7. The molecule has 1 aliphatic rings. The van der Waals surface area contributed by atoms with E-state index in [1.165, 1.54) is 9.87 Å². The highest BCUT2D eigenvalue weighted by molar-refractivity contribution is 7.89. The molecule has 12 heteroatoms. The van der Waals surface area contributed by atoms with Crippen LogP contribution in [0.1, 0.15) is 46.6 Å². The fourth-order valence-electron chi connectivity index (χ4n) is 4.45. The van der Waals surface area contributed by atoms with Gasteiger partial charge in [-0.1, -0.05) is 79.6 Å². The van der Waals surface area contributed by atoms with E-state index in [1.54, 1.807) is 29.2 Å². The number of aryl methyl sites for hydroxylation is 2. The lowest BCUT2D eigenvalue weighted by atomic mass is 10.1. The molecule has 0 aliphatic carbocycles. The van der Waals surface area contributed by atoms with E-state index in [0.717, 1.165) is 41.7 Å². The van der Waals surface area contributed by atoms with Crippen molar-refractivity contribution in [2.45, 2.75) is 50.6 Å². The quantitative estimate of drug-likeness (QED) is 0.363. The summed E-state index contributed by atoms with van der Waals surface area (Å²) in [6.45, 7) is 4.57. The molecular formula is C27H31ClN4O5S2. The smallest absolute Gasteiger partial charge is 0.349 e. The van der Waals surface area contributed by atoms with Gasteiger partial charge < -0.3 is 15.3 Å². The van der Waals surface area contributed by atoms with Gasteiger partial charge in [-0.05, 0) is 41.7 Å². The highest BCUT2D eigenvalue weighted by atomic mass is 35.5. The number of hydrogen-bond donors (Lipinski definition) is 2. The van der Waals surface area contributed by atoms with E-state index in [2.05, 4.69) is 17.2 Å². The van der Waals surface area contributed by atoms with Crippen LogP contribution in [-0.4, -0.2) is 60.4 Å². The first kappa shape index (κ1) is 29.0. The van der Waals surface area contributed by atoms with Gasteiger partial charge in [-0.25, -0.2) is 18.2 Å². The van der Waals surface area contributed by atoms with Crippen molar-refractivity contribution in [3.63, 3.8) is 0 Å². The molecule has 3 aromatic rings. The molecule has 1 aliphatic heterocycles. The van der Waals surface area contributed by atoms with Crippen molar-refractivity contribution < 1.29 is 23.1 Å². The molecule has 2 N–H and O–H groups in total. The minimum atomic E-state index is -3.99. The molecule has 1 aromatic heterocycles. The summed E-state index contributed by atoms with van der Waals surface area (Å²) in [5, 5.41) is 12.4. The summed E-state index contributed by atoms with van der Waals surface area (Å²) in [4.78, 5) is 30.9. The summed E-state index contributed by atoms with van der Waals surface area (Å²) in [7, 11) is -3.99. The zero-order valence-corrected chi connectivity index (χ0v) is 24.2. The molecule has 208 valence electrons. The number of benzene rings is 2. The minimum absolute atomic E-state index is 0.00353. The van der Waals surface area contributed by atoms with Crippen LogP contribution in [-0.2, 0) is 34.2 Å². The Hall–Kier alpha value is -2.99. The average molecular weight is 591 g/mol. The number of aromatic nitrogens is 1. The molecule has 1 amide bonds. The van der Waals surface area contributed by atoms with E-state index < -0.39 is 27.9 Å². The zero-order valence-electron chi connectivity index (χ0n) is 21.8.